The highest BCUT2D eigenvalue weighted by Crippen LogP contribution is 2.37. The van der Waals surface area contributed by atoms with Gasteiger partial charge in [-0.2, -0.15) is 0 Å². The molecule has 13 nitrogen and oxygen atoms in total. The van der Waals surface area contributed by atoms with E-state index >= 15 is 0 Å². The molecule has 2 saturated heterocycles. The topological polar surface area (TPSA) is 173 Å². The number of nitrogen functional groups attached to an aromatic ring is 1. The van der Waals surface area contributed by atoms with Crippen molar-refractivity contribution in [3.8, 4) is 23.0 Å². The molecule has 2 aliphatic heterocycles. The zero-order chi connectivity index (χ0) is 30.9. The number of nitrogens with two attached hydrogens (primary N) is 1. The maximum absolute atomic E-state index is 10.8. The van der Waals surface area contributed by atoms with Crippen LogP contribution in [0.15, 0.2) is 24.3 Å². The molecular weight excluding hydrogens is 548 g/mol. The monoisotopic (exact) mass is 594 g/mol. The molecule has 0 atom stereocenters. The molecule has 2 heterocycles. The molecule has 0 aliphatic carbocycles. The molecule has 0 bridgehead atoms. The van der Waals surface area contributed by atoms with Crippen LogP contribution in [0, 0.1) is 24.0 Å². The van der Waals surface area contributed by atoms with Gasteiger partial charge in [0.25, 0.3) is 0 Å². The van der Waals surface area contributed by atoms with Crippen LogP contribution in [0.5, 0.6) is 23.0 Å². The fourth-order valence-corrected chi connectivity index (χ4v) is 4.45. The normalized spacial score (nSPS) is 15.5. The lowest BCUT2D eigenvalue weighted by Crippen LogP contribution is -2.37. The van der Waals surface area contributed by atoms with Crippen LogP contribution in [-0.4, -0.2) is 116 Å². The van der Waals surface area contributed by atoms with Gasteiger partial charge in [0.2, 0.25) is 5.75 Å². The van der Waals surface area contributed by atoms with Gasteiger partial charge in [0.1, 0.15) is 0 Å². The fourth-order valence-electron chi connectivity index (χ4n) is 4.45. The minimum Gasteiger partial charge on any atom is -0.503 e. The van der Waals surface area contributed by atoms with Gasteiger partial charge >= 0.3 is 5.69 Å². The summed E-state index contributed by atoms with van der Waals surface area (Å²) in [5.41, 5.74) is 7.40. The fraction of sp³-hybridized carbons (Fsp3) is 0.586. The first kappa shape index (κ1) is 34.8. The average Bonchev–Trinajstić information content (AvgIpc) is 2.99. The summed E-state index contributed by atoms with van der Waals surface area (Å²) >= 11 is 0. The number of rotatable bonds is 11. The molecule has 0 amide bonds. The first-order valence-electron chi connectivity index (χ1n) is 14.1. The van der Waals surface area contributed by atoms with Crippen molar-refractivity contribution in [2.24, 2.45) is 0 Å². The number of morpholine rings is 2. The van der Waals surface area contributed by atoms with Crippen LogP contribution in [0.4, 0.5) is 11.4 Å². The Morgan fingerprint density at radius 3 is 1.69 bits per heavy atom. The van der Waals surface area contributed by atoms with Crippen LogP contribution < -0.4 is 15.2 Å². The summed E-state index contributed by atoms with van der Waals surface area (Å²) in [5.74, 6) is 0.275. The third-order valence-electron chi connectivity index (χ3n) is 6.60. The van der Waals surface area contributed by atoms with E-state index in [2.05, 4.69) is 9.80 Å². The Morgan fingerprint density at radius 2 is 1.24 bits per heavy atom. The largest absolute Gasteiger partial charge is 0.503 e. The number of nitro groups is 1. The number of hydrogen-bond donors (Lipinski definition) is 4. The van der Waals surface area contributed by atoms with E-state index < -0.39 is 10.7 Å². The maximum Gasteiger partial charge on any atom is 0.314 e. The lowest BCUT2D eigenvalue weighted by Gasteiger charge is -2.26. The van der Waals surface area contributed by atoms with Crippen LogP contribution in [0.2, 0.25) is 0 Å². The third kappa shape index (κ3) is 11.9. The number of nitrogens with zero attached hydrogens (tertiary/aromatic N) is 3. The molecule has 2 aromatic rings. The van der Waals surface area contributed by atoms with E-state index in [9.17, 15) is 20.3 Å². The van der Waals surface area contributed by atoms with Gasteiger partial charge < -0.3 is 40.0 Å². The lowest BCUT2D eigenvalue weighted by molar-refractivity contribution is -0.386. The van der Waals surface area contributed by atoms with Gasteiger partial charge in [-0.1, -0.05) is 0 Å². The number of benzene rings is 2. The number of ether oxygens (including phenoxy) is 4. The summed E-state index contributed by atoms with van der Waals surface area (Å²) < 4.78 is 21.7. The summed E-state index contributed by atoms with van der Waals surface area (Å²) in [4.78, 5) is 14.9. The number of hydrogen-bond acceptors (Lipinski definition) is 12. The second-order valence-corrected chi connectivity index (χ2v) is 9.90. The molecule has 0 spiro atoms. The van der Waals surface area contributed by atoms with Gasteiger partial charge in [-0.15, -0.1) is 0 Å². The highest BCUT2D eigenvalue weighted by atomic mass is 16.6. The first-order valence-corrected chi connectivity index (χ1v) is 14.1. The van der Waals surface area contributed by atoms with E-state index in [1.165, 1.54) is 6.07 Å². The summed E-state index contributed by atoms with van der Waals surface area (Å²) in [7, 11) is 1.00. The van der Waals surface area contributed by atoms with Crippen LogP contribution in [-0.2, 0) is 9.47 Å². The number of phenolic OH excluding ortho intramolecular Hbond substituents is 2. The van der Waals surface area contributed by atoms with Crippen molar-refractivity contribution < 1.29 is 39.2 Å². The van der Waals surface area contributed by atoms with E-state index in [1.54, 1.807) is 25.1 Å². The van der Waals surface area contributed by atoms with Crippen LogP contribution in [0.1, 0.15) is 24.0 Å². The number of aliphatic hydroxyl groups is 1. The number of phenols is 2. The van der Waals surface area contributed by atoms with Gasteiger partial charge in [0, 0.05) is 52.4 Å². The van der Waals surface area contributed by atoms with Crippen molar-refractivity contribution >= 4 is 11.4 Å². The van der Waals surface area contributed by atoms with Crippen molar-refractivity contribution in [2.45, 2.75) is 26.7 Å². The Bertz CT molecular complexity index is 1090. The Labute approximate surface area is 247 Å². The number of nitro benzene ring substituents is 1. The smallest absolute Gasteiger partial charge is 0.314 e. The number of aliphatic hydroxyl groups excluding tert-OH is 1. The molecule has 2 fully saturated rings. The molecule has 42 heavy (non-hydrogen) atoms. The van der Waals surface area contributed by atoms with Gasteiger partial charge in [-0.05, 0) is 56.0 Å². The molecule has 2 aromatic carbocycles. The molecular formula is C29H46N4O9. The maximum atomic E-state index is 10.8. The molecule has 0 radical (unpaired) electrons. The van der Waals surface area contributed by atoms with E-state index in [4.69, 9.17) is 29.8 Å². The van der Waals surface area contributed by atoms with Crippen molar-refractivity contribution in [3.63, 3.8) is 0 Å². The highest BCUT2D eigenvalue weighted by Gasteiger charge is 2.19. The number of aryl methyl sites for hydroxylation is 2. The Hall–Kier alpha value is -3.36. The standard InChI is InChI=1S/C14H20N2O5.C14H22N2O3.CH4O/c1-11-9-12(16(18)19)14(17)13(10-11)21-6-2-3-15-4-7-20-8-5-15;1-11-9-12(15)14(17)13(10-11)19-6-2-3-16-4-7-18-8-5-16;1-2/h9-10,17H,2-8H2,1H3;9-10,17H,2-8,15H2,1H3;2H,1H3. The molecule has 0 unspecified atom stereocenters. The van der Waals surface area contributed by atoms with Crippen LogP contribution >= 0.6 is 0 Å². The van der Waals surface area contributed by atoms with Crippen molar-refractivity contribution in [1.82, 2.24) is 9.80 Å². The Morgan fingerprint density at radius 1 is 0.810 bits per heavy atom. The lowest BCUT2D eigenvalue weighted by atomic mass is 10.2. The van der Waals surface area contributed by atoms with Crippen molar-refractivity contribution in [2.75, 3.05) is 91.8 Å². The van der Waals surface area contributed by atoms with E-state index in [0.717, 1.165) is 91.2 Å². The number of aromatic hydroxyl groups is 2. The molecule has 2 aliphatic rings. The van der Waals surface area contributed by atoms with Gasteiger partial charge in [-0.25, -0.2) is 0 Å². The Balaban J connectivity index is 0.000000278. The second kappa shape index (κ2) is 18.9. The molecule has 0 saturated carbocycles. The van der Waals surface area contributed by atoms with Crippen LogP contribution in [0.25, 0.3) is 0 Å². The minimum absolute atomic E-state index is 0.0389. The van der Waals surface area contributed by atoms with Crippen molar-refractivity contribution in [3.05, 3.63) is 45.5 Å². The van der Waals surface area contributed by atoms with Gasteiger partial charge in [-0.3, -0.25) is 19.9 Å². The highest BCUT2D eigenvalue weighted by molar-refractivity contribution is 5.61. The van der Waals surface area contributed by atoms with E-state index in [1.807, 2.05) is 6.92 Å². The van der Waals surface area contributed by atoms with E-state index in [0.29, 0.717) is 30.2 Å². The second-order valence-electron chi connectivity index (χ2n) is 9.90. The molecule has 5 N–H and O–H groups in total. The molecule has 236 valence electrons. The Kier molecular flexibility index (Phi) is 15.7. The predicted molar refractivity (Wildman–Crippen MR) is 160 cm³/mol. The SMILES string of the molecule is CO.Cc1cc(N)c(O)c(OCCCN2CCOCC2)c1.Cc1cc(OCCCN2CCOCC2)c(O)c([N+](=O)[O-])c1. The molecule has 13 heteroatoms. The summed E-state index contributed by atoms with van der Waals surface area (Å²) in [6, 6.07) is 6.48. The van der Waals surface area contributed by atoms with Crippen molar-refractivity contribution in [1.29, 1.82) is 0 Å². The zero-order valence-corrected chi connectivity index (χ0v) is 24.9. The van der Waals surface area contributed by atoms with Gasteiger partial charge in [0.15, 0.2) is 17.2 Å². The minimum atomic E-state index is -0.608. The molecule has 0 aromatic heterocycles. The quantitative estimate of drug-likeness (QED) is 0.0986. The van der Waals surface area contributed by atoms with Crippen LogP contribution in [0.3, 0.4) is 0 Å². The first-order chi connectivity index (χ1) is 20.2. The number of anilines is 1. The summed E-state index contributed by atoms with van der Waals surface area (Å²) in [6.07, 6.45) is 1.72. The van der Waals surface area contributed by atoms with E-state index in [-0.39, 0.29) is 17.2 Å². The third-order valence-corrected chi connectivity index (χ3v) is 6.60. The average molecular weight is 595 g/mol. The summed E-state index contributed by atoms with van der Waals surface area (Å²) in [5, 5.41) is 37.5. The zero-order valence-electron chi connectivity index (χ0n) is 24.9. The van der Waals surface area contributed by atoms with Gasteiger partial charge in [0.05, 0.1) is 50.3 Å². The summed E-state index contributed by atoms with van der Waals surface area (Å²) in [6.45, 7) is 13.5. The predicted octanol–water partition coefficient (Wildman–Crippen LogP) is 2.70. The molecule has 4 rings (SSSR count).